The molecule has 6 heteroatoms. The van der Waals surface area contributed by atoms with Gasteiger partial charge in [0.05, 0.1) is 23.9 Å². The number of aromatic nitrogens is 1. The molecular formula is C11H17N3O2S. The number of hydrogen-bond donors (Lipinski definition) is 2. The first-order valence-corrected chi connectivity index (χ1v) is 6.64. The maximum absolute atomic E-state index is 11.8. The Balaban J connectivity index is 1.83. The average Bonchev–Trinajstić information content (AvgIpc) is 2.72. The summed E-state index contributed by atoms with van der Waals surface area (Å²) in [5.41, 5.74) is 2.75. The third kappa shape index (κ3) is 3.17. The van der Waals surface area contributed by atoms with Gasteiger partial charge in [0.2, 0.25) is 0 Å². The van der Waals surface area contributed by atoms with E-state index in [1.165, 1.54) is 0 Å². The van der Waals surface area contributed by atoms with E-state index in [0.29, 0.717) is 13.1 Å². The second-order valence-electron chi connectivity index (χ2n) is 4.26. The van der Waals surface area contributed by atoms with Crippen LogP contribution in [0.3, 0.4) is 0 Å². The summed E-state index contributed by atoms with van der Waals surface area (Å²) in [4.78, 5) is 18.7. The molecule has 1 aromatic heterocycles. The summed E-state index contributed by atoms with van der Waals surface area (Å²) in [6, 6.07) is -0.100. The lowest BCUT2D eigenvalue weighted by atomic mass is 10.1. The normalized spacial score (nSPS) is 20.4. The summed E-state index contributed by atoms with van der Waals surface area (Å²) in [5.74, 6) is 0. The fraction of sp³-hybridized carbons (Fsp3) is 0.636. The van der Waals surface area contributed by atoms with Crippen molar-refractivity contribution >= 4 is 17.4 Å². The number of aliphatic hydroxyl groups is 1. The van der Waals surface area contributed by atoms with Crippen molar-refractivity contribution in [2.24, 2.45) is 0 Å². The van der Waals surface area contributed by atoms with E-state index in [9.17, 15) is 9.90 Å². The fourth-order valence-electron chi connectivity index (χ4n) is 1.90. The van der Waals surface area contributed by atoms with Crippen LogP contribution in [0.4, 0.5) is 4.79 Å². The highest BCUT2D eigenvalue weighted by Crippen LogP contribution is 2.13. The number of β-amino-alcohol motifs (C(OH)–C–C–N with tert-alkyl or cyclic N) is 1. The molecule has 1 aliphatic heterocycles. The zero-order valence-electron chi connectivity index (χ0n) is 9.85. The van der Waals surface area contributed by atoms with Crippen LogP contribution in [0, 0.1) is 6.92 Å². The number of carbonyl (C=O) groups is 1. The lowest BCUT2D eigenvalue weighted by Crippen LogP contribution is -2.46. The predicted molar refractivity (Wildman–Crippen MR) is 65.9 cm³/mol. The van der Waals surface area contributed by atoms with Gasteiger partial charge in [0.1, 0.15) is 0 Å². The zero-order chi connectivity index (χ0) is 12.3. The summed E-state index contributed by atoms with van der Waals surface area (Å²) in [6.45, 7) is 3.61. The van der Waals surface area contributed by atoms with Crippen molar-refractivity contribution in [3.63, 3.8) is 0 Å². The van der Waals surface area contributed by atoms with Crippen LogP contribution in [-0.2, 0) is 6.54 Å². The molecule has 1 fully saturated rings. The zero-order valence-corrected chi connectivity index (χ0v) is 10.7. The lowest BCUT2D eigenvalue weighted by molar-refractivity contribution is 0.0842. The molecule has 1 saturated heterocycles. The number of aryl methyl sites for hydroxylation is 1. The van der Waals surface area contributed by atoms with Crippen molar-refractivity contribution in [1.82, 2.24) is 15.2 Å². The van der Waals surface area contributed by atoms with Crippen LogP contribution in [0.25, 0.3) is 0 Å². The Labute approximate surface area is 104 Å². The number of piperidine rings is 1. The molecule has 2 rings (SSSR count). The molecule has 2 amide bonds. The van der Waals surface area contributed by atoms with Crippen LogP contribution in [0.1, 0.15) is 23.4 Å². The van der Waals surface area contributed by atoms with Crippen molar-refractivity contribution < 1.29 is 9.90 Å². The van der Waals surface area contributed by atoms with Crippen LogP contribution in [-0.4, -0.2) is 40.2 Å². The Bertz CT molecular complexity index is 394. The van der Waals surface area contributed by atoms with Gasteiger partial charge in [0, 0.05) is 18.0 Å². The van der Waals surface area contributed by atoms with E-state index in [1.807, 2.05) is 6.92 Å². The van der Waals surface area contributed by atoms with Gasteiger partial charge in [0.15, 0.2) is 0 Å². The Morgan fingerprint density at radius 3 is 3.24 bits per heavy atom. The number of thiazole rings is 1. The summed E-state index contributed by atoms with van der Waals surface area (Å²) >= 11 is 1.54. The minimum atomic E-state index is -0.375. The molecule has 1 atom stereocenters. The highest BCUT2D eigenvalue weighted by atomic mass is 32.1. The van der Waals surface area contributed by atoms with E-state index in [4.69, 9.17) is 0 Å². The van der Waals surface area contributed by atoms with E-state index >= 15 is 0 Å². The third-order valence-corrected chi connectivity index (χ3v) is 3.86. The minimum absolute atomic E-state index is 0.100. The van der Waals surface area contributed by atoms with E-state index in [1.54, 1.807) is 21.7 Å². The molecular weight excluding hydrogens is 238 g/mol. The number of aliphatic hydroxyl groups excluding tert-OH is 1. The molecule has 2 N–H and O–H groups in total. The van der Waals surface area contributed by atoms with Gasteiger partial charge < -0.3 is 15.3 Å². The molecule has 0 saturated carbocycles. The van der Waals surface area contributed by atoms with Gasteiger partial charge in [-0.3, -0.25) is 0 Å². The van der Waals surface area contributed by atoms with Gasteiger partial charge in [-0.05, 0) is 19.8 Å². The number of nitrogens with one attached hydrogen (secondary N) is 1. The topological polar surface area (TPSA) is 65.5 Å². The van der Waals surface area contributed by atoms with Gasteiger partial charge in [-0.25, -0.2) is 9.78 Å². The van der Waals surface area contributed by atoms with Crippen molar-refractivity contribution in [1.29, 1.82) is 0 Å². The van der Waals surface area contributed by atoms with Gasteiger partial charge in [-0.1, -0.05) is 0 Å². The SMILES string of the molecule is Cc1ncsc1CNC(=O)N1CCCC(O)C1. The number of rotatable bonds is 2. The first kappa shape index (κ1) is 12.3. The summed E-state index contributed by atoms with van der Waals surface area (Å²) in [7, 11) is 0. The second-order valence-corrected chi connectivity index (χ2v) is 5.20. The van der Waals surface area contributed by atoms with Gasteiger partial charge in [-0.15, -0.1) is 11.3 Å². The Morgan fingerprint density at radius 1 is 1.76 bits per heavy atom. The smallest absolute Gasteiger partial charge is 0.317 e. The van der Waals surface area contributed by atoms with E-state index in [0.717, 1.165) is 30.0 Å². The molecule has 2 heterocycles. The van der Waals surface area contributed by atoms with Gasteiger partial charge in [0.25, 0.3) is 0 Å². The molecule has 0 bridgehead atoms. The molecule has 0 aromatic carbocycles. The van der Waals surface area contributed by atoms with E-state index in [-0.39, 0.29) is 12.1 Å². The summed E-state index contributed by atoms with van der Waals surface area (Å²) in [6.07, 6.45) is 1.28. The first-order valence-electron chi connectivity index (χ1n) is 5.76. The molecule has 1 aliphatic rings. The number of nitrogens with zero attached hydrogens (tertiary/aromatic N) is 2. The van der Waals surface area contributed by atoms with Crippen LogP contribution in [0.5, 0.6) is 0 Å². The first-order chi connectivity index (χ1) is 8.16. The number of urea groups is 1. The lowest BCUT2D eigenvalue weighted by Gasteiger charge is -2.30. The molecule has 0 radical (unpaired) electrons. The minimum Gasteiger partial charge on any atom is -0.391 e. The van der Waals surface area contributed by atoms with Gasteiger partial charge in [-0.2, -0.15) is 0 Å². The maximum Gasteiger partial charge on any atom is 0.317 e. The number of hydrogen-bond acceptors (Lipinski definition) is 4. The Morgan fingerprint density at radius 2 is 2.59 bits per heavy atom. The summed E-state index contributed by atoms with van der Waals surface area (Å²) < 4.78 is 0. The number of carbonyl (C=O) groups excluding carboxylic acids is 1. The molecule has 17 heavy (non-hydrogen) atoms. The maximum atomic E-state index is 11.8. The third-order valence-electron chi connectivity index (χ3n) is 2.93. The van der Waals surface area contributed by atoms with Crippen LogP contribution in [0.2, 0.25) is 0 Å². The number of amides is 2. The van der Waals surface area contributed by atoms with Crippen LogP contribution >= 0.6 is 11.3 Å². The molecule has 94 valence electrons. The summed E-state index contributed by atoms with van der Waals surface area (Å²) in [5, 5.41) is 12.4. The average molecular weight is 255 g/mol. The quantitative estimate of drug-likeness (QED) is 0.832. The highest BCUT2D eigenvalue weighted by molar-refractivity contribution is 7.09. The van der Waals surface area contributed by atoms with Crippen molar-refractivity contribution in [3.8, 4) is 0 Å². The Kier molecular flexibility index (Phi) is 3.96. The van der Waals surface area contributed by atoms with Crippen molar-refractivity contribution in [2.45, 2.75) is 32.4 Å². The molecule has 0 spiro atoms. The van der Waals surface area contributed by atoms with Gasteiger partial charge >= 0.3 is 6.03 Å². The molecule has 1 unspecified atom stereocenters. The van der Waals surface area contributed by atoms with E-state index < -0.39 is 0 Å². The largest absolute Gasteiger partial charge is 0.391 e. The predicted octanol–water partition coefficient (Wildman–Crippen LogP) is 1.12. The Hall–Kier alpha value is -1.14. The van der Waals surface area contributed by atoms with Crippen molar-refractivity contribution in [2.75, 3.05) is 13.1 Å². The number of likely N-dealkylation sites (tertiary alicyclic amines) is 1. The fourth-order valence-corrected chi connectivity index (χ4v) is 2.62. The molecule has 0 aliphatic carbocycles. The molecule has 5 nitrogen and oxygen atoms in total. The standard InChI is InChI=1S/C11H17N3O2S/c1-8-10(17-7-13-8)5-12-11(16)14-4-2-3-9(15)6-14/h7,9,15H,2-6H2,1H3,(H,12,16). The molecule has 1 aromatic rings. The van der Waals surface area contributed by atoms with Crippen LogP contribution in [0.15, 0.2) is 5.51 Å². The van der Waals surface area contributed by atoms with E-state index in [2.05, 4.69) is 10.3 Å². The highest BCUT2D eigenvalue weighted by Gasteiger charge is 2.21. The second kappa shape index (κ2) is 5.46. The van der Waals surface area contributed by atoms with Crippen LogP contribution < -0.4 is 5.32 Å². The van der Waals surface area contributed by atoms with Crippen molar-refractivity contribution in [3.05, 3.63) is 16.1 Å². The monoisotopic (exact) mass is 255 g/mol.